The number of hydrogen-bond acceptors (Lipinski definition) is 4. The molecule has 0 fully saturated rings. The SMILES string of the molecule is Cc1nc(OCc2ccc(F)cc2F)c(Br)c(=O)n1-c1cc(N)ccc1F. The number of anilines is 1. The highest BCUT2D eigenvalue weighted by atomic mass is 79.9. The van der Waals surface area contributed by atoms with Gasteiger partial charge in [0.2, 0.25) is 5.88 Å². The third kappa shape index (κ3) is 3.82. The van der Waals surface area contributed by atoms with E-state index in [1.165, 1.54) is 25.1 Å². The summed E-state index contributed by atoms with van der Waals surface area (Å²) in [6.07, 6.45) is 0. The van der Waals surface area contributed by atoms with Crippen molar-refractivity contribution in [2.75, 3.05) is 5.73 Å². The van der Waals surface area contributed by atoms with Crippen molar-refractivity contribution in [3.05, 3.63) is 80.1 Å². The van der Waals surface area contributed by atoms with Gasteiger partial charge in [-0.15, -0.1) is 0 Å². The van der Waals surface area contributed by atoms with Crippen LogP contribution < -0.4 is 16.0 Å². The zero-order valence-corrected chi connectivity index (χ0v) is 15.6. The summed E-state index contributed by atoms with van der Waals surface area (Å²) in [6, 6.07) is 6.88. The van der Waals surface area contributed by atoms with Crippen molar-refractivity contribution in [2.45, 2.75) is 13.5 Å². The second kappa shape index (κ2) is 7.43. The van der Waals surface area contributed by atoms with Crippen LogP contribution in [0.1, 0.15) is 11.4 Å². The van der Waals surface area contributed by atoms with Gasteiger partial charge >= 0.3 is 0 Å². The minimum Gasteiger partial charge on any atom is -0.472 e. The molecule has 0 spiro atoms. The predicted molar refractivity (Wildman–Crippen MR) is 97.3 cm³/mol. The smallest absolute Gasteiger partial charge is 0.276 e. The molecular formula is C18H13BrF3N3O2. The molecule has 140 valence electrons. The van der Waals surface area contributed by atoms with Gasteiger partial charge in [-0.3, -0.25) is 9.36 Å². The Hall–Kier alpha value is -2.81. The van der Waals surface area contributed by atoms with Crippen LogP contribution in [0.4, 0.5) is 18.9 Å². The summed E-state index contributed by atoms with van der Waals surface area (Å²) in [4.78, 5) is 16.8. The Labute approximate surface area is 160 Å². The Morgan fingerprint density at radius 2 is 1.89 bits per heavy atom. The molecule has 27 heavy (non-hydrogen) atoms. The van der Waals surface area contributed by atoms with Gasteiger partial charge in [-0.1, -0.05) is 0 Å². The van der Waals surface area contributed by atoms with Crippen molar-refractivity contribution in [1.29, 1.82) is 0 Å². The fourth-order valence-corrected chi connectivity index (χ4v) is 2.83. The average Bonchev–Trinajstić information content (AvgIpc) is 2.61. The maximum atomic E-state index is 14.1. The average molecular weight is 440 g/mol. The van der Waals surface area contributed by atoms with Gasteiger partial charge in [0.05, 0.1) is 5.69 Å². The molecule has 9 heteroatoms. The van der Waals surface area contributed by atoms with Gasteiger partial charge in [-0.05, 0) is 53.2 Å². The molecule has 0 aliphatic heterocycles. The standard InChI is InChI=1S/C18H13BrF3N3O2/c1-9-24-17(27-8-10-2-3-11(20)6-14(10)22)16(19)18(26)25(9)15-7-12(23)4-5-13(15)21/h2-7H,8,23H2,1H3. The van der Waals surface area contributed by atoms with E-state index < -0.39 is 23.0 Å². The Bertz CT molecular complexity index is 1090. The molecule has 1 heterocycles. The molecule has 0 aliphatic carbocycles. The van der Waals surface area contributed by atoms with Crippen molar-refractivity contribution in [3.63, 3.8) is 0 Å². The summed E-state index contributed by atoms with van der Waals surface area (Å²) >= 11 is 3.08. The van der Waals surface area contributed by atoms with E-state index in [1.54, 1.807) is 0 Å². The first-order chi connectivity index (χ1) is 12.8. The lowest BCUT2D eigenvalue weighted by Crippen LogP contribution is -2.24. The number of nitrogens with two attached hydrogens (primary N) is 1. The van der Waals surface area contributed by atoms with Gasteiger partial charge in [0.15, 0.2) is 0 Å². The van der Waals surface area contributed by atoms with E-state index in [0.717, 1.165) is 22.8 Å². The van der Waals surface area contributed by atoms with E-state index in [-0.39, 0.29) is 39.7 Å². The van der Waals surface area contributed by atoms with Crippen LogP contribution in [0.3, 0.4) is 0 Å². The predicted octanol–water partition coefficient (Wildman–Crippen LogP) is 3.88. The van der Waals surface area contributed by atoms with Crippen LogP contribution in [0, 0.1) is 24.4 Å². The summed E-state index contributed by atoms with van der Waals surface area (Å²) < 4.78 is 47.2. The molecule has 2 N–H and O–H groups in total. The molecule has 5 nitrogen and oxygen atoms in total. The first kappa shape index (κ1) is 19.0. The van der Waals surface area contributed by atoms with E-state index in [4.69, 9.17) is 10.5 Å². The van der Waals surface area contributed by atoms with Crippen LogP contribution in [-0.2, 0) is 6.61 Å². The maximum Gasteiger partial charge on any atom is 0.276 e. The first-order valence-corrected chi connectivity index (χ1v) is 8.48. The van der Waals surface area contributed by atoms with Crippen molar-refractivity contribution in [1.82, 2.24) is 9.55 Å². The number of rotatable bonds is 4. The van der Waals surface area contributed by atoms with Gasteiger partial charge in [0.1, 0.15) is 34.4 Å². The number of halogens is 4. The molecule has 2 aromatic carbocycles. The van der Waals surface area contributed by atoms with Crippen LogP contribution in [0.5, 0.6) is 5.88 Å². The molecule has 0 unspecified atom stereocenters. The summed E-state index contributed by atoms with van der Waals surface area (Å²) in [5.74, 6) is -2.09. The van der Waals surface area contributed by atoms with E-state index in [9.17, 15) is 18.0 Å². The number of benzene rings is 2. The molecule has 3 aromatic rings. The first-order valence-electron chi connectivity index (χ1n) is 7.69. The highest BCUT2D eigenvalue weighted by Gasteiger charge is 2.18. The lowest BCUT2D eigenvalue weighted by Gasteiger charge is -2.14. The summed E-state index contributed by atoms with van der Waals surface area (Å²) in [5, 5.41) is 0. The molecule has 0 atom stereocenters. The molecule has 0 radical (unpaired) electrons. The quantitative estimate of drug-likeness (QED) is 0.626. The number of hydrogen-bond donors (Lipinski definition) is 1. The molecule has 0 bridgehead atoms. The Kier molecular flexibility index (Phi) is 5.22. The summed E-state index contributed by atoms with van der Waals surface area (Å²) in [5.41, 5.74) is 5.36. The van der Waals surface area contributed by atoms with Crippen LogP contribution in [0.25, 0.3) is 5.69 Å². The highest BCUT2D eigenvalue weighted by molar-refractivity contribution is 9.10. The van der Waals surface area contributed by atoms with Crippen molar-refractivity contribution >= 4 is 21.6 Å². The second-order valence-corrected chi connectivity index (χ2v) is 6.45. The minimum atomic E-state index is -0.780. The van der Waals surface area contributed by atoms with E-state index in [0.29, 0.717) is 0 Å². The third-order valence-corrected chi connectivity index (χ3v) is 4.43. The van der Waals surface area contributed by atoms with E-state index in [2.05, 4.69) is 20.9 Å². The van der Waals surface area contributed by atoms with Gasteiger partial charge in [-0.25, -0.2) is 13.2 Å². The molecule has 0 amide bonds. The molecule has 0 saturated heterocycles. The molecule has 0 aliphatic rings. The van der Waals surface area contributed by atoms with Crippen LogP contribution >= 0.6 is 15.9 Å². The van der Waals surface area contributed by atoms with Gasteiger partial charge < -0.3 is 10.5 Å². The van der Waals surface area contributed by atoms with Crippen molar-refractivity contribution in [3.8, 4) is 11.6 Å². The number of nitrogens with zero attached hydrogens (tertiary/aromatic N) is 2. The van der Waals surface area contributed by atoms with Gasteiger partial charge in [-0.2, -0.15) is 4.98 Å². The highest BCUT2D eigenvalue weighted by Crippen LogP contribution is 2.24. The third-order valence-electron chi connectivity index (χ3n) is 3.76. The zero-order chi connectivity index (χ0) is 19.7. The molecular weight excluding hydrogens is 427 g/mol. The summed E-state index contributed by atoms with van der Waals surface area (Å²) in [7, 11) is 0. The molecule has 1 aromatic heterocycles. The Morgan fingerprint density at radius 1 is 1.15 bits per heavy atom. The Balaban J connectivity index is 1.98. The molecule has 3 rings (SSSR count). The minimum absolute atomic E-state index is 0.0539. The van der Waals surface area contributed by atoms with Gasteiger partial charge in [0.25, 0.3) is 5.56 Å². The second-order valence-electron chi connectivity index (χ2n) is 5.65. The van der Waals surface area contributed by atoms with Crippen molar-refractivity contribution in [2.24, 2.45) is 0 Å². The molecule has 0 saturated carbocycles. The van der Waals surface area contributed by atoms with Crippen LogP contribution in [0.15, 0.2) is 45.7 Å². The van der Waals surface area contributed by atoms with Crippen LogP contribution in [0.2, 0.25) is 0 Å². The topological polar surface area (TPSA) is 70.1 Å². The lowest BCUT2D eigenvalue weighted by atomic mass is 10.2. The number of aromatic nitrogens is 2. The maximum absolute atomic E-state index is 14.1. The van der Waals surface area contributed by atoms with Gasteiger partial charge in [0, 0.05) is 17.3 Å². The van der Waals surface area contributed by atoms with Crippen molar-refractivity contribution < 1.29 is 17.9 Å². The number of aryl methyl sites for hydroxylation is 1. The van der Waals surface area contributed by atoms with Crippen LogP contribution in [-0.4, -0.2) is 9.55 Å². The fraction of sp³-hybridized carbons (Fsp3) is 0.111. The number of nitrogen functional groups attached to an aromatic ring is 1. The monoisotopic (exact) mass is 439 g/mol. The fourth-order valence-electron chi connectivity index (χ4n) is 2.45. The van der Waals surface area contributed by atoms with E-state index >= 15 is 0 Å². The number of ether oxygens (including phenoxy) is 1. The normalized spacial score (nSPS) is 10.9. The largest absolute Gasteiger partial charge is 0.472 e. The zero-order valence-electron chi connectivity index (χ0n) is 14.0. The lowest BCUT2D eigenvalue weighted by molar-refractivity contribution is 0.283. The van der Waals surface area contributed by atoms with E-state index in [1.807, 2.05) is 0 Å². The Morgan fingerprint density at radius 3 is 2.59 bits per heavy atom. The summed E-state index contributed by atoms with van der Waals surface area (Å²) in [6.45, 7) is 1.22.